The molecular weight excluding hydrogens is 305 g/mol. The number of pyridine rings is 1. The van der Waals surface area contributed by atoms with Crippen LogP contribution in [-0.4, -0.2) is 23.5 Å². The highest BCUT2D eigenvalue weighted by molar-refractivity contribution is 5.94. The summed E-state index contributed by atoms with van der Waals surface area (Å²) in [7, 11) is 0. The van der Waals surface area contributed by atoms with Gasteiger partial charge in [0.25, 0.3) is 5.91 Å². The number of carbonyl (C=O) groups excluding carboxylic acids is 1. The predicted molar refractivity (Wildman–Crippen MR) is 91.9 cm³/mol. The van der Waals surface area contributed by atoms with E-state index in [1.165, 1.54) is 12.1 Å². The Kier molecular flexibility index (Phi) is 5.20. The zero-order valence-electron chi connectivity index (χ0n) is 13.5. The number of nitrogens with zero attached hydrogens (tertiary/aromatic N) is 1. The van der Waals surface area contributed by atoms with Gasteiger partial charge in [-0.1, -0.05) is 18.6 Å². The molecule has 0 spiro atoms. The number of nitrogens with one attached hydrogen (secondary N) is 1. The lowest BCUT2D eigenvalue weighted by atomic mass is 9.85. The van der Waals surface area contributed by atoms with Gasteiger partial charge in [-0.25, -0.2) is 4.39 Å². The summed E-state index contributed by atoms with van der Waals surface area (Å²) < 4.78 is 13.3. The van der Waals surface area contributed by atoms with Crippen molar-refractivity contribution in [3.05, 3.63) is 54.0 Å². The van der Waals surface area contributed by atoms with Crippen molar-refractivity contribution in [2.45, 2.75) is 31.7 Å². The molecule has 0 bridgehead atoms. The lowest BCUT2D eigenvalue weighted by Crippen LogP contribution is -2.39. The molecule has 1 amide bonds. The molecule has 1 saturated carbocycles. The molecule has 2 unspecified atom stereocenters. The van der Waals surface area contributed by atoms with Gasteiger partial charge in [0.2, 0.25) is 0 Å². The second kappa shape index (κ2) is 7.53. The Morgan fingerprint density at radius 2 is 2.17 bits per heavy atom. The molecule has 0 aliphatic heterocycles. The van der Waals surface area contributed by atoms with Crippen LogP contribution in [0.3, 0.4) is 0 Å². The van der Waals surface area contributed by atoms with Crippen LogP contribution in [0, 0.1) is 11.7 Å². The molecule has 3 N–H and O–H groups in total. The maximum absolute atomic E-state index is 13.3. The molecule has 126 valence electrons. The molecule has 1 fully saturated rings. The average Bonchev–Trinajstić information content (AvgIpc) is 2.62. The lowest BCUT2D eigenvalue weighted by Gasteiger charge is -2.28. The number of hydrogen-bond donors (Lipinski definition) is 2. The normalized spacial score (nSPS) is 20.6. The molecule has 1 aromatic heterocycles. The zero-order chi connectivity index (χ0) is 16.9. The van der Waals surface area contributed by atoms with E-state index in [2.05, 4.69) is 10.3 Å². The third kappa shape index (κ3) is 3.97. The van der Waals surface area contributed by atoms with Gasteiger partial charge in [-0.05, 0) is 56.0 Å². The first-order chi connectivity index (χ1) is 11.7. The molecule has 1 aliphatic rings. The largest absolute Gasteiger partial charge is 0.349 e. The van der Waals surface area contributed by atoms with Gasteiger partial charge in [0, 0.05) is 17.8 Å². The molecule has 0 radical (unpaired) electrons. The van der Waals surface area contributed by atoms with Gasteiger partial charge in [-0.15, -0.1) is 0 Å². The van der Waals surface area contributed by atoms with Gasteiger partial charge in [0.1, 0.15) is 5.82 Å². The molecule has 0 saturated heterocycles. The fourth-order valence-electron chi connectivity index (χ4n) is 3.25. The lowest BCUT2D eigenvalue weighted by molar-refractivity contribution is 0.0920. The number of rotatable bonds is 4. The van der Waals surface area contributed by atoms with Gasteiger partial charge in [0.15, 0.2) is 0 Å². The molecule has 1 aliphatic carbocycles. The topological polar surface area (TPSA) is 68.0 Å². The van der Waals surface area contributed by atoms with Crippen molar-refractivity contribution in [3.8, 4) is 11.3 Å². The fourth-order valence-corrected chi connectivity index (χ4v) is 3.25. The summed E-state index contributed by atoms with van der Waals surface area (Å²) in [6.45, 7) is 0.677. The smallest absolute Gasteiger partial charge is 0.253 e. The minimum absolute atomic E-state index is 0.115. The van der Waals surface area contributed by atoms with Gasteiger partial charge in [0.05, 0.1) is 11.3 Å². The van der Waals surface area contributed by atoms with Crippen LogP contribution in [0.5, 0.6) is 0 Å². The highest BCUT2D eigenvalue weighted by Gasteiger charge is 2.22. The van der Waals surface area contributed by atoms with E-state index in [-0.39, 0.29) is 17.8 Å². The summed E-state index contributed by atoms with van der Waals surface area (Å²) in [6.07, 6.45) is 5.73. The minimum Gasteiger partial charge on any atom is -0.349 e. The van der Waals surface area contributed by atoms with Crippen LogP contribution in [0.1, 0.15) is 36.0 Å². The second-order valence-electron chi connectivity index (χ2n) is 6.38. The van der Waals surface area contributed by atoms with Crippen molar-refractivity contribution in [2.75, 3.05) is 6.54 Å². The van der Waals surface area contributed by atoms with Crippen molar-refractivity contribution in [2.24, 2.45) is 11.7 Å². The van der Waals surface area contributed by atoms with Crippen LogP contribution >= 0.6 is 0 Å². The Morgan fingerprint density at radius 1 is 1.29 bits per heavy atom. The minimum atomic E-state index is -0.303. The van der Waals surface area contributed by atoms with Crippen LogP contribution < -0.4 is 11.1 Å². The van der Waals surface area contributed by atoms with Gasteiger partial charge >= 0.3 is 0 Å². The maximum Gasteiger partial charge on any atom is 0.253 e. The van der Waals surface area contributed by atoms with E-state index < -0.39 is 0 Å². The third-order valence-corrected chi connectivity index (χ3v) is 4.60. The molecule has 1 heterocycles. The monoisotopic (exact) mass is 327 g/mol. The number of nitrogens with two attached hydrogens (primary N) is 1. The van der Waals surface area contributed by atoms with Gasteiger partial charge in [-0.2, -0.15) is 0 Å². The summed E-state index contributed by atoms with van der Waals surface area (Å²) in [4.78, 5) is 16.7. The first-order valence-corrected chi connectivity index (χ1v) is 8.38. The van der Waals surface area contributed by atoms with Crippen molar-refractivity contribution in [3.63, 3.8) is 0 Å². The van der Waals surface area contributed by atoms with Crippen molar-refractivity contribution >= 4 is 5.91 Å². The molecule has 1 aromatic carbocycles. The summed E-state index contributed by atoms with van der Waals surface area (Å²) in [6, 6.07) is 9.91. The second-order valence-corrected chi connectivity index (χ2v) is 6.38. The molecule has 4 nitrogen and oxygen atoms in total. The molecule has 2 atom stereocenters. The zero-order valence-corrected chi connectivity index (χ0v) is 13.5. The van der Waals surface area contributed by atoms with E-state index in [0.29, 0.717) is 29.3 Å². The molecule has 5 heteroatoms. The van der Waals surface area contributed by atoms with Crippen molar-refractivity contribution in [1.29, 1.82) is 0 Å². The standard InChI is InChI=1S/C19H22FN3O/c20-16-5-2-4-14(10-16)18-8-7-15(12-22-18)19(24)23-17-6-1-3-13(9-17)11-21/h2,4-5,7-8,10,12-13,17H,1,3,6,9,11,21H2,(H,23,24). The Balaban J connectivity index is 1.65. The van der Waals surface area contributed by atoms with Crippen LogP contribution in [0.15, 0.2) is 42.6 Å². The first kappa shape index (κ1) is 16.6. The summed E-state index contributed by atoms with van der Waals surface area (Å²) in [5.74, 6) is 0.0800. The Morgan fingerprint density at radius 3 is 2.88 bits per heavy atom. The molecule has 3 rings (SSSR count). The van der Waals surface area contributed by atoms with E-state index in [1.807, 2.05) is 0 Å². The number of halogens is 1. The predicted octanol–water partition coefficient (Wildman–Crippen LogP) is 3.14. The van der Waals surface area contributed by atoms with Crippen LogP contribution in [0.2, 0.25) is 0 Å². The molecule has 24 heavy (non-hydrogen) atoms. The van der Waals surface area contributed by atoms with Crippen LogP contribution in [0.4, 0.5) is 4.39 Å². The highest BCUT2D eigenvalue weighted by Crippen LogP contribution is 2.24. The maximum atomic E-state index is 13.3. The highest BCUT2D eigenvalue weighted by atomic mass is 19.1. The quantitative estimate of drug-likeness (QED) is 0.906. The van der Waals surface area contributed by atoms with Crippen LogP contribution in [-0.2, 0) is 0 Å². The van der Waals surface area contributed by atoms with E-state index in [4.69, 9.17) is 5.73 Å². The summed E-state index contributed by atoms with van der Waals surface area (Å²) >= 11 is 0. The number of aromatic nitrogens is 1. The Bertz CT molecular complexity index is 702. The Hall–Kier alpha value is -2.27. The SMILES string of the molecule is NCC1CCCC(NC(=O)c2ccc(-c3cccc(F)c3)nc2)C1. The average molecular weight is 327 g/mol. The number of hydrogen-bond acceptors (Lipinski definition) is 3. The number of benzene rings is 1. The summed E-state index contributed by atoms with van der Waals surface area (Å²) in [5.41, 5.74) is 7.60. The first-order valence-electron chi connectivity index (χ1n) is 8.38. The third-order valence-electron chi connectivity index (χ3n) is 4.60. The van der Waals surface area contributed by atoms with E-state index in [1.54, 1.807) is 30.5 Å². The van der Waals surface area contributed by atoms with Gasteiger partial charge < -0.3 is 11.1 Å². The van der Waals surface area contributed by atoms with E-state index >= 15 is 0 Å². The molecule has 2 aromatic rings. The van der Waals surface area contributed by atoms with E-state index in [0.717, 1.165) is 25.7 Å². The van der Waals surface area contributed by atoms with Crippen molar-refractivity contribution in [1.82, 2.24) is 10.3 Å². The number of carbonyl (C=O) groups is 1. The van der Waals surface area contributed by atoms with Crippen molar-refractivity contribution < 1.29 is 9.18 Å². The van der Waals surface area contributed by atoms with E-state index in [9.17, 15) is 9.18 Å². The summed E-state index contributed by atoms with van der Waals surface area (Å²) in [5, 5.41) is 3.07. The number of amides is 1. The fraction of sp³-hybridized carbons (Fsp3) is 0.368. The van der Waals surface area contributed by atoms with Crippen LogP contribution in [0.25, 0.3) is 11.3 Å². The van der Waals surface area contributed by atoms with Gasteiger partial charge in [-0.3, -0.25) is 9.78 Å². The Labute approximate surface area is 141 Å². The molecular formula is C19H22FN3O.